The van der Waals surface area contributed by atoms with Crippen LogP contribution in [-0.4, -0.2) is 39.4 Å². The van der Waals surface area contributed by atoms with E-state index in [0.29, 0.717) is 17.1 Å². The highest BCUT2D eigenvalue weighted by Gasteiger charge is 2.27. The summed E-state index contributed by atoms with van der Waals surface area (Å²) in [5.41, 5.74) is 3.49. The molecule has 0 heterocycles. The lowest BCUT2D eigenvalue weighted by atomic mass is 10.1. The van der Waals surface area contributed by atoms with Gasteiger partial charge in [-0.2, -0.15) is 4.31 Å². The van der Waals surface area contributed by atoms with Gasteiger partial charge in [-0.3, -0.25) is 4.79 Å². The quantitative estimate of drug-likeness (QED) is 0.475. The predicted molar refractivity (Wildman–Crippen MR) is 131 cm³/mol. The van der Waals surface area contributed by atoms with E-state index in [1.165, 1.54) is 18.5 Å². The first-order valence-electron chi connectivity index (χ1n) is 10.8. The van der Waals surface area contributed by atoms with Crippen LogP contribution in [0.1, 0.15) is 22.3 Å². The van der Waals surface area contributed by atoms with Gasteiger partial charge in [-0.15, -0.1) is 0 Å². The van der Waals surface area contributed by atoms with Crippen LogP contribution in [0.5, 0.6) is 11.5 Å². The van der Waals surface area contributed by atoms with Crippen molar-refractivity contribution in [2.45, 2.75) is 31.8 Å². The highest BCUT2D eigenvalue weighted by molar-refractivity contribution is 7.89. The second kappa shape index (κ2) is 11.2. The summed E-state index contributed by atoms with van der Waals surface area (Å²) >= 11 is 0. The van der Waals surface area contributed by atoms with Crippen LogP contribution in [0.4, 0.5) is 0 Å². The van der Waals surface area contributed by atoms with Gasteiger partial charge in [0.2, 0.25) is 15.9 Å². The van der Waals surface area contributed by atoms with Crippen LogP contribution < -0.4 is 14.8 Å². The van der Waals surface area contributed by atoms with E-state index in [1.54, 1.807) is 42.5 Å². The van der Waals surface area contributed by atoms with E-state index in [2.05, 4.69) is 5.32 Å². The Morgan fingerprint density at radius 2 is 1.38 bits per heavy atom. The summed E-state index contributed by atoms with van der Waals surface area (Å²) in [5.74, 6) is 0.711. The van der Waals surface area contributed by atoms with Crippen LogP contribution in [0.2, 0.25) is 0 Å². The Kier molecular flexibility index (Phi) is 8.31. The molecule has 3 aromatic rings. The molecule has 0 aliphatic heterocycles. The SMILES string of the molecule is COc1cccc(OC)c1CNC(=O)CN(Cc1ccc(C)cc1)S(=O)(=O)c1ccc(C)cc1. The fourth-order valence-electron chi connectivity index (χ4n) is 3.49. The first-order valence-corrected chi connectivity index (χ1v) is 12.3. The van der Waals surface area contributed by atoms with Crippen LogP contribution in [0, 0.1) is 13.8 Å². The number of nitrogens with one attached hydrogen (secondary N) is 1. The topological polar surface area (TPSA) is 84.9 Å². The van der Waals surface area contributed by atoms with Crippen molar-refractivity contribution in [2.24, 2.45) is 0 Å². The molecule has 0 radical (unpaired) electrons. The molecule has 0 bridgehead atoms. The molecule has 0 aliphatic rings. The number of carbonyl (C=O) groups excluding carboxylic acids is 1. The fraction of sp³-hybridized carbons (Fsp3) is 0.269. The van der Waals surface area contributed by atoms with Crippen molar-refractivity contribution in [1.29, 1.82) is 0 Å². The van der Waals surface area contributed by atoms with Gasteiger partial charge in [0, 0.05) is 6.54 Å². The summed E-state index contributed by atoms with van der Waals surface area (Å²) in [4.78, 5) is 13.0. The van der Waals surface area contributed by atoms with Gasteiger partial charge in [-0.25, -0.2) is 8.42 Å². The smallest absolute Gasteiger partial charge is 0.243 e. The van der Waals surface area contributed by atoms with Crippen molar-refractivity contribution in [1.82, 2.24) is 9.62 Å². The van der Waals surface area contributed by atoms with E-state index < -0.39 is 15.9 Å². The van der Waals surface area contributed by atoms with Gasteiger partial charge in [0.15, 0.2) is 0 Å². The van der Waals surface area contributed by atoms with E-state index in [9.17, 15) is 13.2 Å². The first-order chi connectivity index (χ1) is 16.2. The largest absolute Gasteiger partial charge is 0.496 e. The fourth-order valence-corrected chi connectivity index (χ4v) is 4.87. The molecule has 0 saturated carbocycles. The van der Waals surface area contributed by atoms with Crippen LogP contribution >= 0.6 is 0 Å². The van der Waals surface area contributed by atoms with Crippen molar-refractivity contribution in [3.05, 3.63) is 89.0 Å². The number of amides is 1. The normalized spacial score (nSPS) is 11.3. The van der Waals surface area contributed by atoms with E-state index >= 15 is 0 Å². The molecule has 0 unspecified atom stereocenters. The lowest BCUT2D eigenvalue weighted by molar-refractivity contribution is -0.121. The zero-order valence-corrected chi connectivity index (χ0v) is 20.7. The molecular weight excluding hydrogens is 452 g/mol. The third-order valence-corrected chi connectivity index (χ3v) is 7.26. The average molecular weight is 483 g/mol. The molecule has 0 aromatic heterocycles. The van der Waals surface area contributed by atoms with Crippen molar-refractivity contribution in [3.63, 3.8) is 0 Å². The maximum atomic E-state index is 13.4. The molecule has 0 saturated heterocycles. The second-order valence-corrected chi connectivity index (χ2v) is 9.93. The average Bonchev–Trinajstić information content (AvgIpc) is 2.83. The number of aryl methyl sites for hydroxylation is 2. The molecule has 34 heavy (non-hydrogen) atoms. The van der Waals surface area contributed by atoms with Crippen molar-refractivity contribution in [3.8, 4) is 11.5 Å². The summed E-state index contributed by atoms with van der Waals surface area (Å²) in [6, 6.07) is 19.5. The maximum Gasteiger partial charge on any atom is 0.243 e. The number of sulfonamides is 1. The third kappa shape index (κ3) is 6.15. The number of nitrogens with zero attached hydrogens (tertiary/aromatic N) is 1. The highest BCUT2D eigenvalue weighted by Crippen LogP contribution is 2.28. The Balaban J connectivity index is 1.83. The Labute approximate surface area is 201 Å². The number of methoxy groups -OCH3 is 2. The molecule has 0 atom stereocenters. The zero-order chi connectivity index (χ0) is 24.7. The number of hydrogen-bond acceptors (Lipinski definition) is 5. The Morgan fingerprint density at radius 1 is 0.853 bits per heavy atom. The van der Waals surface area contributed by atoms with Crippen LogP contribution in [0.15, 0.2) is 71.6 Å². The summed E-state index contributed by atoms with van der Waals surface area (Å²) in [6.45, 7) is 3.72. The van der Waals surface area contributed by atoms with Crippen LogP contribution in [0.3, 0.4) is 0 Å². The van der Waals surface area contributed by atoms with Crippen LogP contribution in [-0.2, 0) is 27.9 Å². The van der Waals surface area contributed by atoms with Crippen molar-refractivity contribution in [2.75, 3.05) is 20.8 Å². The van der Waals surface area contributed by atoms with Gasteiger partial charge in [0.1, 0.15) is 11.5 Å². The molecule has 8 heteroatoms. The summed E-state index contributed by atoms with van der Waals surface area (Å²) < 4.78 is 38.8. The standard InChI is InChI=1S/C26H30N2O5S/c1-19-8-12-21(13-9-19)17-28(34(30,31)22-14-10-20(2)11-15-22)18-26(29)27-16-23-24(32-3)6-5-7-25(23)33-4/h5-15H,16-18H2,1-4H3,(H,27,29). The molecular formula is C26H30N2O5S. The molecule has 1 amide bonds. The van der Waals surface area contributed by atoms with Gasteiger partial charge in [0.05, 0.1) is 37.8 Å². The highest BCUT2D eigenvalue weighted by atomic mass is 32.2. The lowest BCUT2D eigenvalue weighted by Crippen LogP contribution is -2.40. The lowest BCUT2D eigenvalue weighted by Gasteiger charge is -2.22. The maximum absolute atomic E-state index is 13.4. The zero-order valence-electron chi connectivity index (χ0n) is 19.9. The molecule has 180 valence electrons. The first kappa shape index (κ1) is 25.3. The van der Waals surface area contributed by atoms with Gasteiger partial charge < -0.3 is 14.8 Å². The summed E-state index contributed by atoms with van der Waals surface area (Å²) in [6.07, 6.45) is 0. The summed E-state index contributed by atoms with van der Waals surface area (Å²) in [5, 5.41) is 2.80. The minimum Gasteiger partial charge on any atom is -0.496 e. The van der Waals surface area contributed by atoms with E-state index in [4.69, 9.17) is 9.47 Å². The monoisotopic (exact) mass is 482 g/mol. The third-order valence-electron chi connectivity index (χ3n) is 5.45. The molecule has 3 aromatic carbocycles. The van der Waals surface area contributed by atoms with E-state index in [1.807, 2.05) is 38.1 Å². The molecule has 0 fully saturated rings. The minimum absolute atomic E-state index is 0.0713. The second-order valence-electron chi connectivity index (χ2n) is 7.99. The van der Waals surface area contributed by atoms with Crippen molar-refractivity contribution < 1.29 is 22.7 Å². The van der Waals surface area contributed by atoms with Crippen molar-refractivity contribution >= 4 is 15.9 Å². The Hall–Kier alpha value is -3.36. The van der Waals surface area contributed by atoms with Gasteiger partial charge in [-0.05, 0) is 43.7 Å². The number of rotatable bonds is 10. The van der Waals surface area contributed by atoms with E-state index in [-0.39, 0.29) is 24.5 Å². The van der Waals surface area contributed by atoms with Gasteiger partial charge >= 0.3 is 0 Å². The number of benzene rings is 3. The van der Waals surface area contributed by atoms with Gasteiger partial charge in [0.25, 0.3) is 0 Å². The molecule has 0 aliphatic carbocycles. The minimum atomic E-state index is -3.91. The molecule has 1 N–H and O–H groups in total. The number of ether oxygens (including phenoxy) is 2. The number of carbonyl (C=O) groups is 1. The van der Waals surface area contributed by atoms with E-state index in [0.717, 1.165) is 16.7 Å². The van der Waals surface area contributed by atoms with Crippen LogP contribution in [0.25, 0.3) is 0 Å². The Morgan fingerprint density at radius 3 is 1.91 bits per heavy atom. The summed E-state index contributed by atoms with van der Waals surface area (Å²) in [7, 11) is -0.828. The molecule has 3 rings (SSSR count). The molecule has 0 spiro atoms. The predicted octanol–water partition coefficient (Wildman–Crippen LogP) is 3.83. The number of hydrogen-bond donors (Lipinski definition) is 1. The Bertz CT molecular complexity index is 1200. The molecule has 7 nitrogen and oxygen atoms in total. The van der Waals surface area contributed by atoms with Gasteiger partial charge in [-0.1, -0.05) is 53.6 Å².